The van der Waals surface area contributed by atoms with Gasteiger partial charge in [-0.3, -0.25) is 9.59 Å². The molecule has 2 unspecified atom stereocenters. The third kappa shape index (κ3) is 2.64. The molecule has 112 valence electrons. The van der Waals surface area contributed by atoms with Crippen LogP contribution in [0.2, 0.25) is 0 Å². The summed E-state index contributed by atoms with van der Waals surface area (Å²) in [6, 6.07) is 0.0644. The van der Waals surface area contributed by atoms with Crippen molar-refractivity contribution in [1.29, 1.82) is 0 Å². The summed E-state index contributed by atoms with van der Waals surface area (Å²) in [5.41, 5.74) is -1.20. The SMILES string of the molecule is CC(C)N1CC(C(=O)NC(C)(C(=O)O)C2CC2)CC1=O. The number of aliphatic carboxylic acids is 1. The molecule has 20 heavy (non-hydrogen) atoms. The smallest absolute Gasteiger partial charge is 0.329 e. The van der Waals surface area contributed by atoms with Crippen molar-refractivity contribution in [1.82, 2.24) is 10.2 Å². The molecular formula is C14H22N2O4. The highest BCUT2D eigenvalue weighted by molar-refractivity contribution is 5.93. The van der Waals surface area contributed by atoms with Gasteiger partial charge in [0, 0.05) is 19.0 Å². The fourth-order valence-electron chi connectivity index (χ4n) is 2.76. The van der Waals surface area contributed by atoms with Crippen LogP contribution in [0.1, 0.15) is 40.0 Å². The number of hydrogen-bond donors (Lipinski definition) is 2. The first-order chi connectivity index (χ1) is 9.25. The Balaban J connectivity index is 2.02. The lowest BCUT2D eigenvalue weighted by molar-refractivity contribution is -0.148. The first kappa shape index (κ1) is 14.8. The van der Waals surface area contributed by atoms with Crippen LogP contribution in [-0.4, -0.2) is 45.9 Å². The van der Waals surface area contributed by atoms with Crippen LogP contribution in [0.25, 0.3) is 0 Å². The molecular weight excluding hydrogens is 260 g/mol. The summed E-state index contributed by atoms with van der Waals surface area (Å²) in [6.07, 6.45) is 1.82. The van der Waals surface area contributed by atoms with Crippen molar-refractivity contribution >= 4 is 17.8 Å². The van der Waals surface area contributed by atoms with Crippen molar-refractivity contribution in [3.05, 3.63) is 0 Å². The summed E-state index contributed by atoms with van der Waals surface area (Å²) < 4.78 is 0. The summed E-state index contributed by atoms with van der Waals surface area (Å²) in [5, 5.41) is 12.0. The van der Waals surface area contributed by atoms with Crippen LogP contribution in [-0.2, 0) is 14.4 Å². The number of carbonyl (C=O) groups is 3. The van der Waals surface area contributed by atoms with Crippen LogP contribution < -0.4 is 5.32 Å². The van der Waals surface area contributed by atoms with Crippen LogP contribution in [0.3, 0.4) is 0 Å². The van der Waals surface area contributed by atoms with Gasteiger partial charge < -0.3 is 15.3 Å². The molecule has 0 bridgehead atoms. The minimum Gasteiger partial charge on any atom is -0.480 e. The molecule has 1 saturated heterocycles. The van der Waals surface area contributed by atoms with Crippen molar-refractivity contribution < 1.29 is 19.5 Å². The Morgan fingerprint density at radius 3 is 2.40 bits per heavy atom. The average molecular weight is 282 g/mol. The maximum absolute atomic E-state index is 12.3. The normalized spacial score (nSPS) is 25.7. The van der Waals surface area contributed by atoms with Gasteiger partial charge in [-0.05, 0) is 39.5 Å². The fourth-order valence-corrected chi connectivity index (χ4v) is 2.76. The van der Waals surface area contributed by atoms with Crippen molar-refractivity contribution in [3.63, 3.8) is 0 Å². The number of carboxylic acid groups (broad SMARTS) is 1. The Morgan fingerprint density at radius 1 is 1.40 bits per heavy atom. The fraction of sp³-hybridized carbons (Fsp3) is 0.786. The number of carboxylic acids is 1. The lowest BCUT2D eigenvalue weighted by atomic mass is 9.94. The number of amides is 2. The van der Waals surface area contributed by atoms with E-state index in [0.29, 0.717) is 6.54 Å². The van der Waals surface area contributed by atoms with Crippen LogP contribution in [0.4, 0.5) is 0 Å². The van der Waals surface area contributed by atoms with E-state index in [2.05, 4.69) is 5.32 Å². The van der Waals surface area contributed by atoms with E-state index in [-0.39, 0.29) is 30.2 Å². The van der Waals surface area contributed by atoms with E-state index >= 15 is 0 Å². The summed E-state index contributed by atoms with van der Waals surface area (Å²) in [6.45, 7) is 5.75. The molecule has 0 spiro atoms. The minimum absolute atomic E-state index is 0.00209. The lowest BCUT2D eigenvalue weighted by Gasteiger charge is -2.28. The molecule has 0 aromatic heterocycles. The highest BCUT2D eigenvalue weighted by atomic mass is 16.4. The van der Waals surface area contributed by atoms with Crippen LogP contribution in [0, 0.1) is 11.8 Å². The third-order valence-corrected chi connectivity index (χ3v) is 4.37. The lowest BCUT2D eigenvalue weighted by Crippen LogP contribution is -2.55. The Labute approximate surface area is 118 Å². The van der Waals surface area contributed by atoms with E-state index in [0.717, 1.165) is 12.8 Å². The number of rotatable bonds is 5. The molecule has 1 aliphatic carbocycles. The van der Waals surface area contributed by atoms with Gasteiger partial charge in [-0.1, -0.05) is 0 Å². The van der Waals surface area contributed by atoms with Crippen LogP contribution >= 0.6 is 0 Å². The van der Waals surface area contributed by atoms with Crippen molar-refractivity contribution in [2.75, 3.05) is 6.54 Å². The van der Waals surface area contributed by atoms with E-state index in [1.54, 1.807) is 11.8 Å². The first-order valence-electron chi connectivity index (χ1n) is 7.10. The summed E-state index contributed by atoms with van der Waals surface area (Å²) in [7, 11) is 0. The monoisotopic (exact) mass is 282 g/mol. The number of hydrogen-bond acceptors (Lipinski definition) is 3. The zero-order chi connectivity index (χ0) is 15.1. The molecule has 0 aromatic rings. The molecule has 1 saturated carbocycles. The molecule has 2 fully saturated rings. The van der Waals surface area contributed by atoms with Gasteiger partial charge >= 0.3 is 5.97 Å². The number of nitrogens with one attached hydrogen (secondary N) is 1. The second-order valence-corrected chi connectivity index (χ2v) is 6.31. The van der Waals surface area contributed by atoms with E-state index in [1.165, 1.54) is 0 Å². The minimum atomic E-state index is -1.20. The van der Waals surface area contributed by atoms with E-state index in [1.807, 2.05) is 13.8 Å². The van der Waals surface area contributed by atoms with Crippen molar-refractivity contribution in [3.8, 4) is 0 Å². The van der Waals surface area contributed by atoms with Gasteiger partial charge in [0.2, 0.25) is 11.8 Å². The molecule has 1 aliphatic heterocycles. The number of carbonyl (C=O) groups excluding carboxylic acids is 2. The maximum Gasteiger partial charge on any atom is 0.329 e. The zero-order valence-electron chi connectivity index (χ0n) is 12.2. The van der Waals surface area contributed by atoms with Crippen molar-refractivity contribution in [2.24, 2.45) is 11.8 Å². The van der Waals surface area contributed by atoms with Gasteiger partial charge in [0.1, 0.15) is 5.54 Å². The number of nitrogens with zero attached hydrogens (tertiary/aromatic N) is 1. The Bertz CT molecular complexity index is 444. The van der Waals surface area contributed by atoms with E-state index < -0.39 is 17.4 Å². The van der Waals surface area contributed by atoms with E-state index in [4.69, 9.17) is 0 Å². The van der Waals surface area contributed by atoms with Crippen molar-refractivity contribution in [2.45, 2.75) is 51.6 Å². The predicted octanol–water partition coefficient (Wildman–Crippen LogP) is 0.613. The Hall–Kier alpha value is -1.59. The standard InChI is InChI=1S/C14H22N2O4/c1-8(2)16-7-9(6-11(16)17)12(18)15-14(3,13(19)20)10-4-5-10/h8-10H,4-7H2,1-3H3,(H,15,18)(H,19,20). The van der Waals surface area contributed by atoms with Gasteiger partial charge in [0.25, 0.3) is 0 Å². The largest absolute Gasteiger partial charge is 0.480 e. The molecule has 6 nitrogen and oxygen atoms in total. The molecule has 1 heterocycles. The highest BCUT2D eigenvalue weighted by Gasteiger charge is 2.50. The summed E-state index contributed by atoms with van der Waals surface area (Å²) in [5.74, 6) is -1.80. The average Bonchev–Trinajstić information content (AvgIpc) is 3.12. The van der Waals surface area contributed by atoms with Gasteiger partial charge in [-0.2, -0.15) is 0 Å². The molecule has 0 aromatic carbocycles. The Kier molecular flexibility index (Phi) is 3.75. The van der Waals surface area contributed by atoms with Gasteiger partial charge in [0.05, 0.1) is 5.92 Å². The second kappa shape index (κ2) is 5.07. The highest BCUT2D eigenvalue weighted by Crippen LogP contribution is 2.40. The first-order valence-corrected chi connectivity index (χ1v) is 7.10. The Morgan fingerprint density at radius 2 is 2.00 bits per heavy atom. The molecule has 2 N–H and O–H groups in total. The summed E-state index contributed by atoms with van der Waals surface area (Å²) in [4.78, 5) is 37.1. The zero-order valence-corrected chi connectivity index (χ0v) is 12.2. The second-order valence-electron chi connectivity index (χ2n) is 6.31. The molecule has 2 amide bonds. The van der Waals surface area contributed by atoms with Gasteiger partial charge in [-0.15, -0.1) is 0 Å². The molecule has 2 atom stereocenters. The van der Waals surface area contributed by atoms with Gasteiger partial charge in [0.15, 0.2) is 0 Å². The van der Waals surface area contributed by atoms with Gasteiger partial charge in [-0.25, -0.2) is 4.79 Å². The van der Waals surface area contributed by atoms with Crippen LogP contribution in [0.5, 0.6) is 0 Å². The molecule has 2 aliphatic rings. The molecule has 2 rings (SSSR count). The molecule has 0 radical (unpaired) electrons. The predicted molar refractivity (Wildman–Crippen MR) is 71.9 cm³/mol. The summed E-state index contributed by atoms with van der Waals surface area (Å²) >= 11 is 0. The molecule has 6 heteroatoms. The third-order valence-electron chi connectivity index (χ3n) is 4.37. The number of likely N-dealkylation sites (tertiary alicyclic amines) is 1. The maximum atomic E-state index is 12.3. The van der Waals surface area contributed by atoms with Crippen LogP contribution in [0.15, 0.2) is 0 Å². The topological polar surface area (TPSA) is 86.7 Å². The quantitative estimate of drug-likeness (QED) is 0.773. The van der Waals surface area contributed by atoms with E-state index in [9.17, 15) is 19.5 Å².